The van der Waals surface area contributed by atoms with Crippen LogP contribution < -0.4 is 10.6 Å². The average Bonchev–Trinajstić information content (AvgIpc) is 1.92. The summed E-state index contributed by atoms with van der Waals surface area (Å²) in [5.74, 6) is -3.22. The third-order valence-electron chi connectivity index (χ3n) is 1.86. The Balaban J connectivity index is 2.54. The van der Waals surface area contributed by atoms with Crippen molar-refractivity contribution >= 4 is 5.91 Å². The Morgan fingerprint density at radius 1 is 1.67 bits per heavy atom. The van der Waals surface area contributed by atoms with Gasteiger partial charge in [0.05, 0.1) is 12.6 Å². The lowest BCUT2D eigenvalue weighted by atomic mass is 10.0. The largest absolute Gasteiger partial charge is 0.347 e. The standard InChI is InChI=1S/C7H12F2N2O/c1-5(12)11-6-2-3-10-4-7(6,8)9/h6,10H,2-4H2,1H3,(H,11,12). The summed E-state index contributed by atoms with van der Waals surface area (Å²) in [7, 11) is 0. The summed E-state index contributed by atoms with van der Waals surface area (Å²) >= 11 is 0. The Labute approximate surface area is 69.5 Å². The summed E-state index contributed by atoms with van der Waals surface area (Å²) in [6, 6.07) is -1.00. The number of rotatable bonds is 1. The molecule has 0 aromatic heterocycles. The fourth-order valence-electron chi connectivity index (χ4n) is 1.26. The van der Waals surface area contributed by atoms with Crippen molar-refractivity contribution < 1.29 is 13.6 Å². The van der Waals surface area contributed by atoms with Crippen molar-refractivity contribution in [2.24, 2.45) is 0 Å². The van der Waals surface area contributed by atoms with Crippen LogP contribution in [0.15, 0.2) is 0 Å². The van der Waals surface area contributed by atoms with E-state index in [1.807, 2.05) is 0 Å². The van der Waals surface area contributed by atoms with Crippen LogP contribution in [-0.2, 0) is 4.79 Å². The monoisotopic (exact) mass is 178 g/mol. The molecule has 1 rings (SSSR count). The van der Waals surface area contributed by atoms with Crippen LogP contribution >= 0.6 is 0 Å². The smallest absolute Gasteiger partial charge is 0.280 e. The summed E-state index contributed by atoms with van der Waals surface area (Å²) in [4.78, 5) is 10.5. The predicted octanol–water partition coefficient (Wildman–Crippen LogP) is 0.120. The lowest BCUT2D eigenvalue weighted by molar-refractivity contribution is -0.124. The van der Waals surface area contributed by atoms with Crippen molar-refractivity contribution in [3.63, 3.8) is 0 Å². The normalized spacial score (nSPS) is 28.1. The molecule has 0 radical (unpaired) electrons. The van der Waals surface area contributed by atoms with E-state index in [0.717, 1.165) is 0 Å². The Morgan fingerprint density at radius 2 is 2.33 bits per heavy atom. The van der Waals surface area contributed by atoms with Gasteiger partial charge in [0, 0.05) is 6.92 Å². The number of carbonyl (C=O) groups is 1. The van der Waals surface area contributed by atoms with Crippen molar-refractivity contribution in [2.45, 2.75) is 25.3 Å². The molecule has 0 aliphatic carbocycles. The van der Waals surface area contributed by atoms with Crippen molar-refractivity contribution in [3.05, 3.63) is 0 Å². The molecule has 2 N–H and O–H groups in total. The summed E-state index contributed by atoms with van der Waals surface area (Å²) in [6.07, 6.45) is 0.284. The molecule has 1 unspecified atom stereocenters. The third kappa shape index (κ3) is 2.14. The van der Waals surface area contributed by atoms with E-state index >= 15 is 0 Å². The molecular formula is C7H12F2N2O. The first-order valence-electron chi connectivity index (χ1n) is 3.88. The number of amides is 1. The molecule has 0 aromatic rings. The number of hydrogen-bond acceptors (Lipinski definition) is 2. The molecule has 5 heteroatoms. The first-order valence-corrected chi connectivity index (χ1v) is 3.88. The van der Waals surface area contributed by atoms with Crippen molar-refractivity contribution in [1.82, 2.24) is 10.6 Å². The van der Waals surface area contributed by atoms with Gasteiger partial charge in [0.1, 0.15) is 0 Å². The fraction of sp³-hybridized carbons (Fsp3) is 0.857. The maximum Gasteiger partial charge on any atom is 0.280 e. The first kappa shape index (κ1) is 9.38. The average molecular weight is 178 g/mol. The molecule has 3 nitrogen and oxygen atoms in total. The number of nitrogens with one attached hydrogen (secondary N) is 2. The van der Waals surface area contributed by atoms with Gasteiger partial charge in [-0.1, -0.05) is 0 Å². The van der Waals surface area contributed by atoms with E-state index in [9.17, 15) is 13.6 Å². The molecule has 1 fully saturated rings. The van der Waals surface area contributed by atoms with Gasteiger partial charge in [0.25, 0.3) is 5.92 Å². The second kappa shape index (κ2) is 3.35. The maximum atomic E-state index is 13.0. The molecule has 0 spiro atoms. The van der Waals surface area contributed by atoms with Gasteiger partial charge in [-0.25, -0.2) is 8.78 Å². The predicted molar refractivity (Wildman–Crippen MR) is 40.0 cm³/mol. The van der Waals surface area contributed by atoms with Gasteiger partial charge in [-0.3, -0.25) is 4.79 Å². The van der Waals surface area contributed by atoms with Gasteiger partial charge in [-0.05, 0) is 13.0 Å². The number of halogens is 2. The fourth-order valence-corrected chi connectivity index (χ4v) is 1.26. The van der Waals surface area contributed by atoms with E-state index in [-0.39, 0.29) is 13.0 Å². The molecule has 1 amide bonds. The molecule has 1 aliphatic rings. The molecule has 1 heterocycles. The number of hydrogen-bond donors (Lipinski definition) is 2. The van der Waals surface area contributed by atoms with E-state index < -0.39 is 17.9 Å². The topological polar surface area (TPSA) is 41.1 Å². The molecule has 0 bridgehead atoms. The van der Waals surface area contributed by atoms with E-state index in [1.54, 1.807) is 0 Å². The van der Waals surface area contributed by atoms with E-state index in [0.29, 0.717) is 6.54 Å². The van der Waals surface area contributed by atoms with Crippen LogP contribution in [0.3, 0.4) is 0 Å². The molecule has 1 saturated heterocycles. The zero-order chi connectivity index (χ0) is 9.19. The Bertz CT molecular complexity index is 184. The Kier molecular flexibility index (Phi) is 2.62. The third-order valence-corrected chi connectivity index (χ3v) is 1.86. The van der Waals surface area contributed by atoms with Gasteiger partial charge in [0.2, 0.25) is 5.91 Å². The van der Waals surface area contributed by atoms with Crippen LogP contribution in [0.4, 0.5) is 8.78 Å². The van der Waals surface area contributed by atoms with Gasteiger partial charge >= 0.3 is 0 Å². The second-order valence-electron chi connectivity index (χ2n) is 2.98. The highest BCUT2D eigenvalue weighted by molar-refractivity contribution is 5.73. The Hall–Kier alpha value is -0.710. The zero-order valence-electron chi connectivity index (χ0n) is 6.86. The minimum Gasteiger partial charge on any atom is -0.347 e. The van der Waals surface area contributed by atoms with Crippen LogP contribution in [0.5, 0.6) is 0 Å². The summed E-state index contributed by atoms with van der Waals surface area (Å²) in [5, 5.41) is 4.82. The minimum absolute atomic E-state index is 0.284. The van der Waals surface area contributed by atoms with Crippen molar-refractivity contribution in [2.75, 3.05) is 13.1 Å². The van der Waals surface area contributed by atoms with E-state index in [4.69, 9.17) is 0 Å². The molecule has 12 heavy (non-hydrogen) atoms. The highest BCUT2D eigenvalue weighted by Crippen LogP contribution is 2.22. The zero-order valence-corrected chi connectivity index (χ0v) is 6.86. The van der Waals surface area contributed by atoms with Crippen molar-refractivity contribution in [1.29, 1.82) is 0 Å². The van der Waals surface area contributed by atoms with Gasteiger partial charge in [-0.15, -0.1) is 0 Å². The molecule has 0 aromatic carbocycles. The van der Waals surface area contributed by atoms with Crippen molar-refractivity contribution in [3.8, 4) is 0 Å². The maximum absolute atomic E-state index is 13.0. The summed E-state index contributed by atoms with van der Waals surface area (Å²) in [5.41, 5.74) is 0. The van der Waals surface area contributed by atoms with Crippen LogP contribution in [0.2, 0.25) is 0 Å². The highest BCUT2D eigenvalue weighted by Gasteiger charge is 2.41. The number of alkyl halides is 2. The van der Waals surface area contributed by atoms with Crippen LogP contribution in [0.1, 0.15) is 13.3 Å². The second-order valence-corrected chi connectivity index (χ2v) is 2.98. The van der Waals surface area contributed by atoms with Crippen LogP contribution in [0.25, 0.3) is 0 Å². The molecule has 1 aliphatic heterocycles. The minimum atomic E-state index is -2.82. The van der Waals surface area contributed by atoms with Gasteiger partial charge < -0.3 is 10.6 Å². The van der Waals surface area contributed by atoms with Gasteiger partial charge in [0.15, 0.2) is 0 Å². The molecular weight excluding hydrogens is 166 g/mol. The molecule has 1 atom stereocenters. The number of carbonyl (C=O) groups excluding carboxylic acids is 1. The summed E-state index contributed by atoms with van der Waals surface area (Å²) in [6.45, 7) is 1.43. The lowest BCUT2D eigenvalue weighted by Gasteiger charge is -2.31. The quantitative estimate of drug-likeness (QED) is 0.598. The van der Waals surface area contributed by atoms with Gasteiger partial charge in [-0.2, -0.15) is 0 Å². The first-order chi connectivity index (χ1) is 5.52. The molecule has 70 valence electrons. The van der Waals surface area contributed by atoms with Crippen LogP contribution in [-0.4, -0.2) is 31.0 Å². The molecule has 0 saturated carbocycles. The lowest BCUT2D eigenvalue weighted by Crippen LogP contribution is -2.56. The SMILES string of the molecule is CC(=O)NC1CCNCC1(F)F. The highest BCUT2D eigenvalue weighted by atomic mass is 19.3. The Morgan fingerprint density at radius 3 is 2.83 bits per heavy atom. The van der Waals surface area contributed by atoms with Crippen LogP contribution in [0, 0.1) is 0 Å². The number of piperidine rings is 1. The summed E-state index contributed by atoms with van der Waals surface area (Å²) < 4.78 is 25.9. The van der Waals surface area contributed by atoms with E-state index in [2.05, 4.69) is 10.6 Å². The van der Waals surface area contributed by atoms with E-state index in [1.165, 1.54) is 6.92 Å².